The Bertz CT molecular complexity index is 160. The molecule has 0 aromatic rings. The van der Waals surface area contributed by atoms with Crippen LogP contribution in [0.5, 0.6) is 0 Å². The van der Waals surface area contributed by atoms with Crippen molar-refractivity contribution >= 4 is 6.16 Å². The number of hydrogen-bond donors (Lipinski definition) is 0. The molecule has 0 bridgehead atoms. The zero-order valence-corrected chi connectivity index (χ0v) is 7.46. The molecule has 0 spiro atoms. The molecular formula is C8H14O4. The van der Waals surface area contributed by atoms with E-state index < -0.39 is 11.9 Å². The van der Waals surface area contributed by atoms with Gasteiger partial charge >= 0.3 is 6.16 Å². The van der Waals surface area contributed by atoms with Crippen LogP contribution in [0.25, 0.3) is 0 Å². The average molecular weight is 174 g/mol. The van der Waals surface area contributed by atoms with Crippen LogP contribution in [-0.4, -0.2) is 25.7 Å². The number of ether oxygens (including phenoxy) is 3. The lowest BCUT2D eigenvalue weighted by Crippen LogP contribution is -2.37. The summed E-state index contributed by atoms with van der Waals surface area (Å²) in [6.07, 6.45) is 2.11. The first-order chi connectivity index (χ1) is 5.66. The van der Waals surface area contributed by atoms with Gasteiger partial charge in [0.1, 0.15) is 0 Å². The molecule has 1 unspecified atom stereocenters. The predicted molar refractivity (Wildman–Crippen MR) is 41.7 cm³/mol. The lowest BCUT2D eigenvalue weighted by Gasteiger charge is -2.32. The van der Waals surface area contributed by atoms with Crippen LogP contribution in [0, 0.1) is 0 Å². The summed E-state index contributed by atoms with van der Waals surface area (Å²) in [4.78, 5) is 10.8. The molecule has 1 aliphatic heterocycles. The standard InChI is InChI=1S/C8H14O4/c1-8(12-7(9)10-2)5-3-4-6-11-8/h3-6H2,1-2H3. The van der Waals surface area contributed by atoms with Crippen LogP contribution in [-0.2, 0) is 14.2 Å². The highest BCUT2D eigenvalue weighted by Crippen LogP contribution is 2.25. The van der Waals surface area contributed by atoms with Crippen LogP contribution in [0.4, 0.5) is 4.79 Å². The predicted octanol–water partition coefficient (Wildman–Crippen LogP) is 1.69. The van der Waals surface area contributed by atoms with Crippen LogP contribution < -0.4 is 0 Å². The summed E-state index contributed by atoms with van der Waals surface area (Å²) in [5.41, 5.74) is 0. The summed E-state index contributed by atoms with van der Waals surface area (Å²) >= 11 is 0. The Balaban J connectivity index is 2.41. The smallest absolute Gasteiger partial charge is 0.438 e. The van der Waals surface area contributed by atoms with E-state index in [1.165, 1.54) is 7.11 Å². The van der Waals surface area contributed by atoms with E-state index in [1.54, 1.807) is 6.92 Å². The van der Waals surface area contributed by atoms with E-state index in [0.717, 1.165) is 19.3 Å². The fourth-order valence-electron chi connectivity index (χ4n) is 1.21. The molecule has 0 amide bonds. The van der Waals surface area contributed by atoms with Crippen LogP contribution >= 0.6 is 0 Å². The lowest BCUT2D eigenvalue weighted by atomic mass is 10.1. The van der Waals surface area contributed by atoms with Crippen molar-refractivity contribution in [3.63, 3.8) is 0 Å². The minimum absolute atomic E-state index is 0.646. The van der Waals surface area contributed by atoms with Crippen molar-refractivity contribution < 1.29 is 19.0 Å². The highest BCUT2D eigenvalue weighted by molar-refractivity contribution is 5.60. The molecule has 12 heavy (non-hydrogen) atoms. The molecule has 0 aromatic carbocycles. The SMILES string of the molecule is COC(=O)OC1(C)CCCCO1. The molecular weight excluding hydrogens is 160 g/mol. The molecule has 0 aromatic heterocycles. The van der Waals surface area contributed by atoms with E-state index in [1.807, 2.05) is 0 Å². The second-order valence-electron chi connectivity index (χ2n) is 3.00. The van der Waals surface area contributed by atoms with E-state index in [0.29, 0.717) is 6.61 Å². The van der Waals surface area contributed by atoms with Crippen molar-refractivity contribution in [2.75, 3.05) is 13.7 Å². The van der Waals surface area contributed by atoms with Gasteiger partial charge in [-0.25, -0.2) is 4.79 Å². The third kappa shape index (κ3) is 2.37. The van der Waals surface area contributed by atoms with Gasteiger partial charge in [-0.15, -0.1) is 0 Å². The minimum atomic E-state index is -0.772. The molecule has 0 N–H and O–H groups in total. The third-order valence-corrected chi connectivity index (χ3v) is 1.90. The van der Waals surface area contributed by atoms with E-state index >= 15 is 0 Å². The molecule has 0 radical (unpaired) electrons. The average Bonchev–Trinajstić information content (AvgIpc) is 2.05. The summed E-state index contributed by atoms with van der Waals surface area (Å²) in [5.74, 6) is -0.772. The maximum absolute atomic E-state index is 10.8. The summed E-state index contributed by atoms with van der Waals surface area (Å²) in [6, 6.07) is 0. The van der Waals surface area contributed by atoms with Crippen molar-refractivity contribution in [2.24, 2.45) is 0 Å². The first-order valence-corrected chi connectivity index (χ1v) is 4.07. The van der Waals surface area contributed by atoms with E-state index in [9.17, 15) is 4.79 Å². The highest BCUT2D eigenvalue weighted by Gasteiger charge is 2.32. The monoisotopic (exact) mass is 174 g/mol. The van der Waals surface area contributed by atoms with Crippen molar-refractivity contribution in [1.29, 1.82) is 0 Å². The van der Waals surface area contributed by atoms with Gasteiger partial charge < -0.3 is 14.2 Å². The molecule has 0 aliphatic carbocycles. The third-order valence-electron chi connectivity index (χ3n) is 1.90. The number of hydrogen-bond acceptors (Lipinski definition) is 4. The van der Waals surface area contributed by atoms with Crippen molar-refractivity contribution in [3.05, 3.63) is 0 Å². The Kier molecular flexibility index (Phi) is 2.92. The van der Waals surface area contributed by atoms with Gasteiger partial charge in [-0.3, -0.25) is 0 Å². The molecule has 1 aliphatic rings. The topological polar surface area (TPSA) is 44.8 Å². The largest absolute Gasteiger partial charge is 0.510 e. The maximum Gasteiger partial charge on any atom is 0.510 e. The number of rotatable bonds is 1. The Labute approximate surface area is 71.8 Å². The van der Waals surface area contributed by atoms with Crippen molar-refractivity contribution in [3.8, 4) is 0 Å². The van der Waals surface area contributed by atoms with Crippen LogP contribution in [0.1, 0.15) is 26.2 Å². The molecule has 4 heteroatoms. The highest BCUT2D eigenvalue weighted by atomic mass is 16.8. The number of carbonyl (C=O) groups is 1. The summed E-state index contributed by atoms with van der Waals surface area (Å²) < 4.78 is 14.6. The first-order valence-electron chi connectivity index (χ1n) is 4.07. The molecule has 4 nitrogen and oxygen atoms in total. The van der Waals surface area contributed by atoms with E-state index in [2.05, 4.69) is 4.74 Å². The van der Waals surface area contributed by atoms with Gasteiger partial charge in [0.25, 0.3) is 0 Å². The van der Waals surface area contributed by atoms with Gasteiger partial charge in [-0.1, -0.05) is 0 Å². The Morgan fingerprint density at radius 2 is 2.25 bits per heavy atom. The fraction of sp³-hybridized carbons (Fsp3) is 0.875. The summed E-state index contributed by atoms with van der Waals surface area (Å²) in [5, 5.41) is 0. The van der Waals surface area contributed by atoms with Gasteiger partial charge in [0.2, 0.25) is 5.79 Å². The Morgan fingerprint density at radius 3 is 2.75 bits per heavy atom. The van der Waals surface area contributed by atoms with Gasteiger partial charge in [-0.2, -0.15) is 0 Å². The molecule has 70 valence electrons. The van der Waals surface area contributed by atoms with Crippen LogP contribution in [0.15, 0.2) is 0 Å². The van der Waals surface area contributed by atoms with E-state index in [4.69, 9.17) is 9.47 Å². The molecule has 0 saturated carbocycles. The van der Waals surface area contributed by atoms with Crippen molar-refractivity contribution in [1.82, 2.24) is 0 Å². The second kappa shape index (κ2) is 3.76. The first kappa shape index (κ1) is 9.32. The van der Waals surface area contributed by atoms with Crippen LogP contribution in [0.2, 0.25) is 0 Å². The fourth-order valence-corrected chi connectivity index (χ4v) is 1.21. The summed E-state index contributed by atoms with van der Waals surface area (Å²) in [6.45, 7) is 2.40. The second-order valence-corrected chi connectivity index (χ2v) is 3.00. The minimum Gasteiger partial charge on any atom is -0.438 e. The zero-order valence-electron chi connectivity index (χ0n) is 7.46. The quantitative estimate of drug-likeness (QED) is 0.567. The molecule has 1 saturated heterocycles. The normalized spacial score (nSPS) is 29.5. The van der Waals surface area contributed by atoms with Gasteiger partial charge in [-0.05, 0) is 12.8 Å². The zero-order chi connectivity index (χ0) is 9.03. The molecule has 1 fully saturated rings. The maximum atomic E-state index is 10.8. The Morgan fingerprint density at radius 1 is 1.50 bits per heavy atom. The molecule has 1 rings (SSSR count). The lowest BCUT2D eigenvalue weighted by molar-refractivity contribution is -0.219. The van der Waals surface area contributed by atoms with Gasteiger partial charge in [0, 0.05) is 13.3 Å². The van der Waals surface area contributed by atoms with Crippen molar-refractivity contribution in [2.45, 2.75) is 32.0 Å². The van der Waals surface area contributed by atoms with Gasteiger partial charge in [0.15, 0.2) is 0 Å². The molecule has 1 atom stereocenters. The number of methoxy groups -OCH3 is 1. The van der Waals surface area contributed by atoms with E-state index in [-0.39, 0.29) is 0 Å². The van der Waals surface area contributed by atoms with Gasteiger partial charge in [0.05, 0.1) is 13.7 Å². The summed E-state index contributed by atoms with van der Waals surface area (Å²) in [7, 11) is 1.29. The molecule has 1 heterocycles. The van der Waals surface area contributed by atoms with Crippen LogP contribution in [0.3, 0.4) is 0 Å². The Hall–Kier alpha value is -0.770. The number of carbonyl (C=O) groups excluding carboxylic acids is 1.